The van der Waals surface area contributed by atoms with Crippen LogP contribution < -0.4 is 10.3 Å². The lowest BCUT2D eigenvalue weighted by Gasteiger charge is -2.34. The molecule has 3 fully saturated rings. The van der Waals surface area contributed by atoms with Crippen molar-refractivity contribution in [3.05, 3.63) is 39.9 Å². The van der Waals surface area contributed by atoms with Crippen molar-refractivity contribution < 1.29 is 32.7 Å². The number of aromatic carboxylic acids is 1. The van der Waals surface area contributed by atoms with Gasteiger partial charge in [-0.05, 0) is 38.4 Å². The second-order valence-electron chi connectivity index (χ2n) is 8.50. The van der Waals surface area contributed by atoms with Gasteiger partial charge in [0.05, 0.1) is 17.5 Å². The number of aromatic nitrogens is 1. The summed E-state index contributed by atoms with van der Waals surface area (Å²) in [5.41, 5.74) is 0.251. The summed E-state index contributed by atoms with van der Waals surface area (Å²) in [5, 5.41) is 9.48. The van der Waals surface area contributed by atoms with E-state index in [4.69, 9.17) is 4.55 Å². The zero-order valence-corrected chi connectivity index (χ0v) is 18.5. The van der Waals surface area contributed by atoms with Crippen LogP contribution in [-0.4, -0.2) is 77.5 Å². The van der Waals surface area contributed by atoms with Gasteiger partial charge in [0.2, 0.25) is 5.43 Å². The monoisotopic (exact) mass is 471 g/mol. The molecular formula is C20H26FN3O7S. The molecular weight excluding hydrogens is 445 g/mol. The van der Waals surface area contributed by atoms with E-state index in [1.54, 1.807) is 6.07 Å². The quantitative estimate of drug-likeness (QED) is 0.622. The number of pyridine rings is 1. The lowest BCUT2D eigenvalue weighted by molar-refractivity contribution is 0.0694. The number of fused-ring (bicyclic) bond motifs is 3. The van der Waals surface area contributed by atoms with Crippen LogP contribution in [0.5, 0.6) is 0 Å². The molecule has 3 aliphatic rings. The summed E-state index contributed by atoms with van der Waals surface area (Å²) in [7, 11) is -1.57. The number of likely N-dealkylation sites (N-methyl/N-ethyl adjacent to an activating group) is 1. The summed E-state index contributed by atoms with van der Waals surface area (Å²) in [5.74, 6) is -1.72. The van der Waals surface area contributed by atoms with E-state index < -0.39 is 27.3 Å². The number of rotatable bonds is 3. The number of carboxylic acids is 1. The Balaban J connectivity index is 0.000000438. The van der Waals surface area contributed by atoms with Gasteiger partial charge in [-0.3, -0.25) is 14.2 Å². The molecule has 1 aromatic heterocycles. The minimum atomic E-state index is -3.67. The molecule has 0 spiro atoms. The Bertz CT molecular complexity index is 1220. The van der Waals surface area contributed by atoms with Crippen LogP contribution in [0.4, 0.5) is 10.1 Å². The van der Waals surface area contributed by atoms with E-state index in [0.29, 0.717) is 23.5 Å². The van der Waals surface area contributed by atoms with Crippen LogP contribution in [0.3, 0.4) is 0 Å². The highest BCUT2D eigenvalue weighted by Gasteiger charge is 2.42. The van der Waals surface area contributed by atoms with E-state index in [0.717, 1.165) is 32.4 Å². The topological polar surface area (TPSA) is 152 Å². The van der Waals surface area contributed by atoms with E-state index in [2.05, 4.69) is 16.8 Å². The third kappa shape index (κ3) is 4.63. The van der Waals surface area contributed by atoms with Gasteiger partial charge in [-0.25, -0.2) is 9.18 Å². The number of benzene rings is 1. The lowest BCUT2D eigenvalue weighted by atomic mass is 10.1. The number of likely N-dealkylation sites (tertiary alicyclic amines) is 1. The van der Waals surface area contributed by atoms with Crippen LogP contribution in [-0.2, 0) is 10.1 Å². The number of anilines is 1. The molecule has 0 amide bonds. The van der Waals surface area contributed by atoms with Gasteiger partial charge in [-0.1, -0.05) is 0 Å². The zero-order valence-electron chi connectivity index (χ0n) is 17.7. The largest absolute Gasteiger partial charge is 0.477 e. The molecule has 0 radical (unpaired) electrons. The number of carbonyl (C=O) groups is 1. The average molecular weight is 472 g/mol. The molecule has 0 unspecified atom stereocenters. The van der Waals surface area contributed by atoms with Crippen molar-refractivity contribution in [3.8, 4) is 0 Å². The minimum absolute atomic E-state index is 0. The predicted octanol–water partition coefficient (Wildman–Crippen LogP) is 0.746. The van der Waals surface area contributed by atoms with E-state index in [-0.39, 0.29) is 28.5 Å². The van der Waals surface area contributed by atoms with Crippen molar-refractivity contribution in [2.24, 2.45) is 0 Å². The molecule has 3 heterocycles. The molecule has 1 aliphatic carbocycles. The minimum Gasteiger partial charge on any atom is -0.477 e. The van der Waals surface area contributed by atoms with Crippen molar-refractivity contribution in [1.82, 2.24) is 9.47 Å². The van der Waals surface area contributed by atoms with Crippen LogP contribution in [0.15, 0.2) is 23.1 Å². The molecule has 176 valence electrons. The first-order chi connectivity index (χ1) is 14.4. The van der Waals surface area contributed by atoms with E-state index in [9.17, 15) is 27.5 Å². The van der Waals surface area contributed by atoms with Crippen molar-refractivity contribution in [3.63, 3.8) is 0 Å². The molecule has 4 N–H and O–H groups in total. The normalized spacial score (nSPS) is 22.4. The van der Waals surface area contributed by atoms with E-state index in [1.165, 1.54) is 12.3 Å². The van der Waals surface area contributed by atoms with Gasteiger partial charge in [-0.2, -0.15) is 8.42 Å². The first-order valence-corrected chi connectivity index (χ1v) is 11.8. The smallest absolute Gasteiger partial charge is 0.341 e. The van der Waals surface area contributed by atoms with Crippen LogP contribution in [0.25, 0.3) is 10.9 Å². The van der Waals surface area contributed by atoms with Gasteiger partial charge in [-0.15, -0.1) is 0 Å². The standard InChI is InChI=1S/C19H20FN3O3.CH4O3S.H2O/c1-21-7-12-4-11(21)8-22(12)17-6-16-13(5-15(17)20)18(24)14(19(25)26)9-23(16)10-2-3-10;1-5(2,3)4;/h5-6,9-12H,2-4,7-8H2,1H3,(H,25,26);1H3,(H,2,3,4);1H2/t11-,12-;;/m0../s1. The Kier molecular flexibility index (Phi) is 6.35. The van der Waals surface area contributed by atoms with Crippen LogP contribution in [0.2, 0.25) is 0 Å². The maximum Gasteiger partial charge on any atom is 0.341 e. The van der Waals surface area contributed by atoms with Gasteiger partial charge in [0.15, 0.2) is 0 Å². The predicted molar refractivity (Wildman–Crippen MR) is 117 cm³/mol. The maximum atomic E-state index is 14.9. The first-order valence-electron chi connectivity index (χ1n) is 9.95. The Morgan fingerprint density at radius 2 is 1.78 bits per heavy atom. The molecule has 2 atom stereocenters. The van der Waals surface area contributed by atoms with Crippen molar-refractivity contribution in [2.75, 3.05) is 31.3 Å². The molecule has 1 saturated carbocycles. The number of nitrogens with zero attached hydrogens (tertiary/aromatic N) is 3. The van der Waals surface area contributed by atoms with Crippen LogP contribution in [0.1, 0.15) is 35.7 Å². The molecule has 10 nitrogen and oxygen atoms in total. The summed E-state index contributed by atoms with van der Waals surface area (Å²) in [4.78, 5) is 28.4. The van der Waals surface area contributed by atoms with Crippen molar-refractivity contribution in [1.29, 1.82) is 0 Å². The second-order valence-corrected chi connectivity index (χ2v) is 9.97. The third-order valence-electron chi connectivity index (χ3n) is 6.10. The molecule has 5 rings (SSSR count). The number of hydrogen-bond donors (Lipinski definition) is 2. The third-order valence-corrected chi connectivity index (χ3v) is 6.10. The Hall–Kier alpha value is -2.54. The maximum absolute atomic E-state index is 14.9. The number of hydrogen-bond acceptors (Lipinski definition) is 6. The second kappa shape index (κ2) is 8.43. The Labute approximate surface area is 183 Å². The van der Waals surface area contributed by atoms with Gasteiger partial charge in [0.1, 0.15) is 11.4 Å². The molecule has 12 heteroatoms. The molecule has 2 bridgehead atoms. The molecule has 2 aromatic rings. The van der Waals surface area contributed by atoms with Gasteiger partial charge < -0.3 is 20.0 Å². The summed E-state index contributed by atoms with van der Waals surface area (Å²) < 4.78 is 42.6. The van der Waals surface area contributed by atoms with Crippen molar-refractivity contribution >= 4 is 32.7 Å². The number of halogens is 1. The van der Waals surface area contributed by atoms with Gasteiger partial charge in [0.25, 0.3) is 10.1 Å². The number of piperazine rings is 1. The molecule has 1 aromatic carbocycles. The van der Waals surface area contributed by atoms with Crippen LogP contribution >= 0.6 is 0 Å². The summed E-state index contributed by atoms with van der Waals surface area (Å²) in [6, 6.07) is 3.90. The highest BCUT2D eigenvalue weighted by molar-refractivity contribution is 7.85. The van der Waals surface area contributed by atoms with Gasteiger partial charge >= 0.3 is 5.97 Å². The highest BCUT2D eigenvalue weighted by atomic mass is 32.2. The lowest BCUT2D eigenvalue weighted by Crippen LogP contribution is -2.44. The SMILES string of the molecule is CN1C[C@@H]2C[C@H]1CN2c1cc2c(cc1F)c(=O)c(C(=O)O)cn2C1CC1.CS(=O)(=O)O.O. The summed E-state index contributed by atoms with van der Waals surface area (Å²) in [6.07, 6.45) is 5.07. The fraction of sp³-hybridized carbons (Fsp3) is 0.500. The highest BCUT2D eigenvalue weighted by Crippen LogP contribution is 2.40. The van der Waals surface area contributed by atoms with E-state index in [1.807, 2.05) is 4.57 Å². The molecule has 32 heavy (non-hydrogen) atoms. The zero-order chi connectivity index (χ0) is 22.7. The fourth-order valence-electron chi connectivity index (χ4n) is 4.55. The Morgan fingerprint density at radius 3 is 2.25 bits per heavy atom. The molecule has 2 aliphatic heterocycles. The Morgan fingerprint density at radius 1 is 1.16 bits per heavy atom. The molecule has 2 saturated heterocycles. The summed E-state index contributed by atoms with van der Waals surface area (Å²) in [6.45, 7) is 1.69. The van der Waals surface area contributed by atoms with Crippen molar-refractivity contribution in [2.45, 2.75) is 37.4 Å². The number of carboxylic acid groups (broad SMARTS) is 1. The van der Waals surface area contributed by atoms with Gasteiger partial charge in [0, 0.05) is 42.8 Å². The summed E-state index contributed by atoms with van der Waals surface area (Å²) >= 11 is 0. The average Bonchev–Trinajstić information content (AvgIpc) is 3.32. The fourth-order valence-corrected chi connectivity index (χ4v) is 4.55. The van der Waals surface area contributed by atoms with Crippen LogP contribution in [0, 0.1) is 5.82 Å². The first kappa shape index (κ1) is 24.1. The van der Waals surface area contributed by atoms with E-state index >= 15 is 0 Å².